The van der Waals surface area contributed by atoms with Gasteiger partial charge in [0.05, 0.1) is 4.34 Å². The van der Waals surface area contributed by atoms with Gasteiger partial charge >= 0.3 is 0 Å². The molecular weight excluding hydrogens is 164 g/mol. The zero-order chi connectivity index (χ0) is 7.40. The third-order valence-corrected chi connectivity index (χ3v) is 2.74. The smallest absolute Gasteiger partial charge is 0.0960 e. The van der Waals surface area contributed by atoms with Crippen molar-refractivity contribution in [3.8, 4) is 0 Å². The average molecular weight is 175 g/mol. The molecule has 1 rings (SSSR count). The van der Waals surface area contributed by atoms with Gasteiger partial charge in [0.1, 0.15) is 0 Å². The molecule has 1 aromatic rings. The summed E-state index contributed by atoms with van der Waals surface area (Å²) < 4.78 is 0.966. The Kier molecular flexibility index (Phi) is 3.23. The minimum atomic E-state index is 0.966. The zero-order valence-corrected chi connectivity index (χ0v) is 7.63. The second-order valence-corrected chi connectivity index (χ2v) is 3.84. The minimum Gasteiger partial charge on any atom is -0.132 e. The lowest BCUT2D eigenvalue weighted by atomic mass is 10.2. The van der Waals surface area contributed by atoms with Gasteiger partial charge in [0.25, 0.3) is 0 Å². The number of rotatable bonds is 3. The SMILES string of the molecule is CCCCc1ccsc1Cl. The fourth-order valence-electron chi connectivity index (χ4n) is 0.866. The quantitative estimate of drug-likeness (QED) is 0.655. The highest BCUT2D eigenvalue weighted by molar-refractivity contribution is 7.14. The predicted molar refractivity (Wildman–Crippen MR) is 47.9 cm³/mol. The van der Waals surface area contributed by atoms with Crippen LogP contribution in [0.3, 0.4) is 0 Å². The molecule has 0 aromatic carbocycles. The first-order valence-electron chi connectivity index (χ1n) is 3.56. The van der Waals surface area contributed by atoms with Gasteiger partial charge < -0.3 is 0 Å². The first kappa shape index (κ1) is 8.09. The van der Waals surface area contributed by atoms with E-state index in [1.807, 2.05) is 5.38 Å². The Morgan fingerprint density at radius 2 is 2.40 bits per heavy atom. The second-order valence-electron chi connectivity index (χ2n) is 2.32. The topological polar surface area (TPSA) is 0 Å². The Labute approximate surface area is 70.8 Å². The van der Waals surface area contributed by atoms with E-state index in [2.05, 4.69) is 13.0 Å². The summed E-state index contributed by atoms with van der Waals surface area (Å²) in [6.45, 7) is 2.19. The highest BCUT2D eigenvalue weighted by Gasteiger charge is 1.98. The first-order chi connectivity index (χ1) is 4.84. The normalized spacial score (nSPS) is 10.2. The molecule has 2 heteroatoms. The molecule has 1 heterocycles. The summed E-state index contributed by atoms with van der Waals surface area (Å²) in [4.78, 5) is 0. The van der Waals surface area contributed by atoms with Crippen LogP contribution in [0.25, 0.3) is 0 Å². The van der Waals surface area contributed by atoms with Crippen molar-refractivity contribution in [2.75, 3.05) is 0 Å². The fraction of sp³-hybridized carbons (Fsp3) is 0.500. The summed E-state index contributed by atoms with van der Waals surface area (Å²) >= 11 is 7.51. The Morgan fingerprint density at radius 3 is 2.90 bits per heavy atom. The molecule has 0 radical (unpaired) electrons. The van der Waals surface area contributed by atoms with Crippen molar-refractivity contribution in [3.05, 3.63) is 21.3 Å². The first-order valence-corrected chi connectivity index (χ1v) is 4.82. The van der Waals surface area contributed by atoms with Gasteiger partial charge in [-0.2, -0.15) is 0 Å². The van der Waals surface area contributed by atoms with Crippen molar-refractivity contribution in [3.63, 3.8) is 0 Å². The highest BCUT2D eigenvalue weighted by atomic mass is 35.5. The molecule has 0 fully saturated rings. The maximum atomic E-state index is 5.89. The molecule has 0 atom stereocenters. The van der Waals surface area contributed by atoms with Crippen LogP contribution in [0, 0.1) is 0 Å². The maximum absolute atomic E-state index is 5.89. The van der Waals surface area contributed by atoms with Crippen LogP contribution in [0.5, 0.6) is 0 Å². The Morgan fingerprint density at radius 1 is 1.60 bits per heavy atom. The molecule has 0 N–H and O–H groups in total. The van der Waals surface area contributed by atoms with E-state index in [-0.39, 0.29) is 0 Å². The summed E-state index contributed by atoms with van der Waals surface area (Å²) in [7, 11) is 0. The van der Waals surface area contributed by atoms with Crippen LogP contribution in [0.4, 0.5) is 0 Å². The molecule has 0 saturated heterocycles. The molecular formula is C8H11ClS. The van der Waals surface area contributed by atoms with Crippen LogP contribution in [0.15, 0.2) is 11.4 Å². The fourth-order valence-corrected chi connectivity index (χ4v) is 1.85. The van der Waals surface area contributed by atoms with Gasteiger partial charge in [0.2, 0.25) is 0 Å². The number of aryl methyl sites for hydroxylation is 1. The number of hydrogen-bond donors (Lipinski definition) is 0. The molecule has 0 aliphatic rings. The molecule has 0 unspecified atom stereocenters. The molecule has 0 amide bonds. The Hall–Kier alpha value is -0.0100. The van der Waals surface area contributed by atoms with E-state index in [9.17, 15) is 0 Å². The molecule has 0 bridgehead atoms. The maximum Gasteiger partial charge on any atom is 0.0960 e. The van der Waals surface area contributed by atoms with Gasteiger partial charge in [-0.3, -0.25) is 0 Å². The van der Waals surface area contributed by atoms with E-state index < -0.39 is 0 Å². The van der Waals surface area contributed by atoms with Gasteiger partial charge in [-0.05, 0) is 29.9 Å². The van der Waals surface area contributed by atoms with Gasteiger partial charge in [-0.15, -0.1) is 11.3 Å². The molecule has 0 aliphatic carbocycles. The van der Waals surface area contributed by atoms with Crippen LogP contribution in [0.1, 0.15) is 25.3 Å². The summed E-state index contributed by atoms with van der Waals surface area (Å²) in [5.41, 5.74) is 1.31. The minimum absolute atomic E-state index is 0.966. The van der Waals surface area contributed by atoms with Crippen molar-refractivity contribution >= 4 is 22.9 Å². The lowest BCUT2D eigenvalue weighted by Gasteiger charge is -1.93. The van der Waals surface area contributed by atoms with Gasteiger partial charge in [0.15, 0.2) is 0 Å². The lowest BCUT2D eigenvalue weighted by molar-refractivity contribution is 0.797. The molecule has 10 heavy (non-hydrogen) atoms. The molecule has 1 aromatic heterocycles. The summed E-state index contributed by atoms with van der Waals surface area (Å²) in [6, 6.07) is 2.11. The van der Waals surface area contributed by atoms with Crippen LogP contribution < -0.4 is 0 Å². The molecule has 0 nitrogen and oxygen atoms in total. The molecule has 0 spiro atoms. The summed E-state index contributed by atoms with van der Waals surface area (Å²) in [6.07, 6.45) is 3.63. The van der Waals surface area contributed by atoms with Crippen LogP contribution in [-0.4, -0.2) is 0 Å². The van der Waals surface area contributed by atoms with Crippen LogP contribution in [0.2, 0.25) is 4.34 Å². The lowest BCUT2D eigenvalue weighted by Crippen LogP contribution is -1.79. The zero-order valence-electron chi connectivity index (χ0n) is 6.06. The van der Waals surface area contributed by atoms with Crippen molar-refractivity contribution < 1.29 is 0 Å². The van der Waals surface area contributed by atoms with Crippen molar-refractivity contribution in [2.24, 2.45) is 0 Å². The van der Waals surface area contributed by atoms with Crippen molar-refractivity contribution in [1.82, 2.24) is 0 Å². The largest absolute Gasteiger partial charge is 0.132 e. The molecule has 0 saturated carbocycles. The third-order valence-electron chi connectivity index (χ3n) is 1.49. The van der Waals surface area contributed by atoms with E-state index in [4.69, 9.17) is 11.6 Å². The summed E-state index contributed by atoms with van der Waals surface area (Å²) in [5.74, 6) is 0. The van der Waals surface area contributed by atoms with Gasteiger partial charge in [-0.25, -0.2) is 0 Å². The van der Waals surface area contributed by atoms with Crippen LogP contribution >= 0.6 is 22.9 Å². The monoisotopic (exact) mass is 174 g/mol. The highest BCUT2D eigenvalue weighted by Crippen LogP contribution is 2.23. The van der Waals surface area contributed by atoms with E-state index in [1.54, 1.807) is 11.3 Å². The van der Waals surface area contributed by atoms with Crippen LogP contribution in [-0.2, 0) is 6.42 Å². The average Bonchev–Trinajstić information content (AvgIpc) is 2.31. The van der Waals surface area contributed by atoms with E-state index in [0.29, 0.717) is 0 Å². The van der Waals surface area contributed by atoms with E-state index in [1.165, 1.54) is 18.4 Å². The number of thiophene rings is 1. The van der Waals surface area contributed by atoms with Gasteiger partial charge in [-0.1, -0.05) is 24.9 Å². The van der Waals surface area contributed by atoms with Gasteiger partial charge in [0, 0.05) is 0 Å². The number of halogens is 1. The number of unbranched alkanes of at least 4 members (excludes halogenated alkanes) is 1. The van der Waals surface area contributed by atoms with E-state index >= 15 is 0 Å². The van der Waals surface area contributed by atoms with Crippen molar-refractivity contribution in [1.29, 1.82) is 0 Å². The Balaban J connectivity index is 2.49. The molecule has 0 aliphatic heterocycles. The second kappa shape index (κ2) is 3.99. The van der Waals surface area contributed by atoms with E-state index in [0.717, 1.165) is 10.8 Å². The number of hydrogen-bond acceptors (Lipinski definition) is 1. The molecule has 56 valence electrons. The summed E-state index contributed by atoms with van der Waals surface area (Å²) in [5, 5.41) is 2.05. The predicted octanol–water partition coefficient (Wildman–Crippen LogP) is 3.74. The Bertz CT molecular complexity index is 193. The third kappa shape index (κ3) is 1.99. The standard InChI is InChI=1S/C8H11ClS/c1-2-3-4-7-5-6-10-8(7)9/h5-6H,2-4H2,1H3. The van der Waals surface area contributed by atoms with Crippen molar-refractivity contribution in [2.45, 2.75) is 26.2 Å².